The quantitative estimate of drug-likeness (QED) is 0.276. The first-order valence-electron chi connectivity index (χ1n) is 9.68. The Balaban J connectivity index is 1.59. The Bertz CT molecular complexity index is 1190. The summed E-state index contributed by atoms with van der Waals surface area (Å²) in [5.74, 6) is 4.97. The van der Waals surface area contributed by atoms with E-state index in [1.165, 1.54) is 0 Å². The smallest absolute Gasteiger partial charge is 0.197 e. The van der Waals surface area contributed by atoms with E-state index < -0.39 is 9.93 Å². The van der Waals surface area contributed by atoms with Crippen molar-refractivity contribution < 1.29 is 8.95 Å². The normalized spacial score (nSPS) is 12.3. The molecule has 0 bridgehead atoms. The van der Waals surface area contributed by atoms with Crippen molar-refractivity contribution in [3.8, 4) is 22.7 Å². The molecule has 4 aromatic carbocycles. The Labute approximate surface area is 178 Å². The molecule has 0 aliphatic carbocycles. The number of para-hydroxylation sites is 1. The zero-order valence-corrected chi connectivity index (χ0v) is 17.2. The lowest BCUT2D eigenvalue weighted by Gasteiger charge is -2.08. The van der Waals surface area contributed by atoms with Crippen molar-refractivity contribution in [3.05, 3.63) is 126 Å². The summed E-state index contributed by atoms with van der Waals surface area (Å²) in [5, 5.41) is 3.08. The predicted molar refractivity (Wildman–Crippen MR) is 123 cm³/mol. The van der Waals surface area contributed by atoms with Gasteiger partial charge in [0.1, 0.15) is 11.5 Å². The summed E-state index contributed by atoms with van der Waals surface area (Å²) < 4.78 is 19.8. The van der Waals surface area contributed by atoms with E-state index in [1.807, 2.05) is 115 Å². The Morgan fingerprint density at radius 2 is 1.17 bits per heavy atom. The highest BCUT2D eigenvalue weighted by Crippen LogP contribution is 2.26. The molecule has 3 heteroatoms. The fourth-order valence-corrected chi connectivity index (χ4v) is 4.89. The van der Waals surface area contributed by atoms with Gasteiger partial charge in [-0.15, -0.1) is 0 Å². The van der Waals surface area contributed by atoms with Crippen LogP contribution in [0.2, 0.25) is 0 Å². The first-order chi connectivity index (χ1) is 14.7. The molecule has 146 valence electrons. The Morgan fingerprint density at radius 3 is 1.80 bits per heavy atom. The standard InChI is InChI=1S/C27H21O2S/c28-30(27-14-8-3-9-15-27,21-20-23-10-4-1-5-11-23)22-24-16-18-26(19-17-24)29-25-12-6-2-7-13-25/h1-19H,22H2/q+1. The van der Waals surface area contributed by atoms with Crippen molar-refractivity contribution in [1.82, 2.24) is 0 Å². The minimum Gasteiger partial charge on any atom is -0.457 e. The predicted octanol–water partition coefficient (Wildman–Crippen LogP) is 6.55. The molecule has 30 heavy (non-hydrogen) atoms. The Morgan fingerprint density at radius 1 is 0.633 bits per heavy atom. The lowest BCUT2D eigenvalue weighted by molar-refractivity contribution is 0.482. The number of hydrogen-bond acceptors (Lipinski definition) is 2. The zero-order valence-electron chi connectivity index (χ0n) is 16.4. The highest BCUT2D eigenvalue weighted by atomic mass is 32.2. The van der Waals surface area contributed by atoms with Crippen molar-refractivity contribution in [2.45, 2.75) is 10.6 Å². The largest absolute Gasteiger partial charge is 0.457 e. The summed E-state index contributed by atoms with van der Waals surface area (Å²) in [6, 6.07) is 36.5. The maximum Gasteiger partial charge on any atom is 0.197 e. The molecule has 0 saturated heterocycles. The Hall–Kier alpha value is -3.61. The molecule has 0 aromatic heterocycles. The molecule has 4 rings (SSSR count). The van der Waals surface area contributed by atoms with Gasteiger partial charge >= 0.3 is 0 Å². The Kier molecular flexibility index (Phi) is 6.08. The van der Waals surface area contributed by atoms with E-state index in [0.29, 0.717) is 5.75 Å². The van der Waals surface area contributed by atoms with Crippen LogP contribution in [0.15, 0.2) is 120 Å². The van der Waals surface area contributed by atoms with Gasteiger partial charge in [0.15, 0.2) is 25.8 Å². The van der Waals surface area contributed by atoms with Crippen LogP contribution in [0.25, 0.3) is 0 Å². The summed E-state index contributed by atoms with van der Waals surface area (Å²) in [7, 11) is -2.59. The molecule has 2 nitrogen and oxygen atoms in total. The second-order valence-electron chi connectivity index (χ2n) is 6.78. The van der Waals surface area contributed by atoms with E-state index in [-0.39, 0.29) is 0 Å². The molecule has 0 amide bonds. The van der Waals surface area contributed by atoms with Crippen molar-refractivity contribution in [1.29, 1.82) is 0 Å². The summed E-state index contributed by atoms with van der Waals surface area (Å²) in [4.78, 5) is 0.748. The maximum absolute atomic E-state index is 13.9. The third-order valence-electron chi connectivity index (χ3n) is 4.53. The molecule has 0 heterocycles. The summed E-state index contributed by atoms with van der Waals surface area (Å²) in [6.45, 7) is 0. The first-order valence-corrected chi connectivity index (χ1v) is 11.4. The second-order valence-corrected chi connectivity index (χ2v) is 9.10. The van der Waals surface area contributed by atoms with Gasteiger partial charge in [0.05, 0.1) is 0 Å². The van der Waals surface area contributed by atoms with Crippen LogP contribution < -0.4 is 4.74 Å². The van der Waals surface area contributed by atoms with Gasteiger partial charge in [-0.3, -0.25) is 0 Å². The minimum absolute atomic E-state index is 0.350. The van der Waals surface area contributed by atoms with E-state index in [4.69, 9.17) is 4.74 Å². The number of rotatable bonds is 5. The van der Waals surface area contributed by atoms with Crippen LogP contribution in [0.5, 0.6) is 11.5 Å². The van der Waals surface area contributed by atoms with Gasteiger partial charge < -0.3 is 4.74 Å². The van der Waals surface area contributed by atoms with E-state index >= 15 is 0 Å². The summed E-state index contributed by atoms with van der Waals surface area (Å²) in [6.07, 6.45) is 0. The maximum atomic E-state index is 13.9. The van der Waals surface area contributed by atoms with Gasteiger partial charge in [0.25, 0.3) is 0 Å². The van der Waals surface area contributed by atoms with Gasteiger partial charge in [0.2, 0.25) is 0 Å². The molecule has 1 atom stereocenters. The summed E-state index contributed by atoms with van der Waals surface area (Å²) >= 11 is 0. The average molecular weight is 410 g/mol. The molecule has 0 radical (unpaired) electrons. The van der Waals surface area contributed by atoms with Crippen molar-refractivity contribution in [3.63, 3.8) is 0 Å². The monoisotopic (exact) mass is 409 g/mol. The number of benzene rings is 4. The van der Waals surface area contributed by atoms with Gasteiger partial charge in [0, 0.05) is 11.1 Å². The highest BCUT2D eigenvalue weighted by molar-refractivity contribution is 8.06. The van der Waals surface area contributed by atoms with Crippen molar-refractivity contribution in [2.24, 2.45) is 0 Å². The van der Waals surface area contributed by atoms with Crippen molar-refractivity contribution >= 4 is 9.93 Å². The molecule has 0 saturated carbocycles. The van der Waals surface area contributed by atoms with Gasteiger partial charge in [-0.25, -0.2) is 0 Å². The van der Waals surface area contributed by atoms with Crippen LogP contribution in [-0.4, -0.2) is 0 Å². The minimum atomic E-state index is -2.59. The van der Waals surface area contributed by atoms with Crippen molar-refractivity contribution in [2.75, 3.05) is 0 Å². The average Bonchev–Trinajstić information content (AvgIpc) is 2.81. The lowest BCUT2D eigenvalue weighted by atomic mass is 10.2. The topological polar surface area (TPSA) is 26.3 Å². The van der Waals surface area contributed by atoms with Crippen LogP contribution in [0.3, 0.4) is 0 Å². The molecule has 0 fully saturated rings. The number of hydrogen-bond donors (Lipinski definition) is 0. The molecule has 0 N–H and O–H groups in total. The van der Waals surface area contributed by atoms with Gasteiger partial charge in [-0.05, 0) is 54.5 Å². The fraction of sp³-hybridized carbons (Fsp3) is 0.0370. The van der Waals surface area contributed by atoms with Crippen LogP contribution in [0.4, 0.5) is 0 Å². The zero-order chi connectivity index (χ0) is 20.7. The fourth-order valence-electron chi connectivity index (χ4n) is 2.99. The van der Waals surface area contributed by atoms with Crippen LogP contribution >= 0.6 is 0 Å². The van der Waals surface area contributed by atoms with E-state index in [1.54, 1.807) is 0 Å². The second kappa shape index (κ2) is 9.26. The third kappa shape index (κ3) is 5.05. The highest BCUT2D eigenvalue weighted by Gasteiger charge is 2.30. The molecular weight excluding hydrogens is 388 g/mol. The van der Waals surface area contributed by atoms with Crippen LogP contribution in [0.1, 0.15) is 11.1 Å². The molecule has 1 unspecified atom stereocenters. The third-order valence-corrected chi connectivity index (χ3v) is 6.74. The van der Waals surface area contributed by atoms with Gasteiger partial charge in [-0.2, -0.15) is 0 Å². The molecule has 0 aliphatic rings. The summed E-state index contributed by atoms with van der Waals surface area (Å²) in [5.41, 5.74) is 1.80. The molecule has 0 aliphatic heterocycles. The molecule has 4 aromatic rings. The lowest BCUT2D eigenvalue weighted by Crippen LogP contribution is -2.12. The van der Waals surface area contributed by atoms with Crippen LogP contribution in [0, 0.1) is 11.2 Å². The SMILES string of the molecule is O=[S+](C#Cc1ccccc1)(Cc1ccc(Oc2ccccc2)cc1)c1ccccc1. The number of ether oxygens (including phenoxy) is 1. The van der Waals surface area contributed by atoms with E-state index in [2.05, 4.69) is 11.2 Å². The molecular formula is C27H21O2S+. The van der Waals surface area contributed by atoms with Gasteiger partial charge in [-0.1, -0.05) is 70.9 Å². The first kappa shape index (κ1) is 19.7. The van der Waals surface area contributed by atoms with E-state index in [0.717, 1.165) is 27.5 Å². The van der Waals surface area contributed by atoms with E-state index in [9.17, 15) is 4.21 Å². The van der Waals surface area contributed by atoms with Crippen LogP contribution in [-0.2, 0) is 19.9 Å². The molecule has 0 spiro atoms.